The Hall–Kier alpha value is -4.13. The number of ether oxygens (including phenoxy) is 2. The van der Waals surface area contributed by atoms with Crippen LogP contribution in [0.5, 0.6) is 5.75 Å². The van der Waals surface area contributed by atoms with Gasteiger partial charge in [0.2, 0.25) is 5.88 Å². The molecule has 0 bridgehead atoms. The monoisotopic (exact) mass is 475 g/mol. The van der Waals surface area contributed by atoms with Gasteiger partial charge in [-0.25, -0.2) is 4.79 Å². The van der Waals surface area contributed by atoms with E-state index in [-0.39, 0.29) is 41.3 Å². The number of esters is 1. The molecule has 35 heavy (non-hydrogen) atoms. The van der Waals surface area contributed by atoms with Gasteiger partial charge in [0.25, 0.3) is 5.91 Å². The van der Waals surface area contributed by atoms with E-state index in [0.717, 1.165) is 11.3 Å². The Kier molecular flexibility index (Phi) is 8.25. The number of carbonyl (C=O) groups excluding carboxylic acids is 3. The van der Waals surface area contributed by atoms with Gasteiger partial charge in [0.1, 0.15) is 17.1 Å². The Balaban J connectivity index is 2.01. The lowest BCUT2D eigenvalue weighted by molar-refractivity contribution is -0.111. The number of amides is 1. The first-order valence-electron chi connectivity index (χ1n) is 11.4. The summed E-state index contributed by atoms with van der Waals surface area (Å²) < 4.78 is 16.4. The number of benzene rings is 2. The molecule has 0 unspecified atom stereocenters. The quantitative estimate of drug-likeness (QED) is 0.178. The topological polar surface area (TPSA) is 94.8 Å². The molecular weight excluding hydrogens is 446 g/mol. The van der Waals surface area contributed by atoms with E-state index in [1.54, 1.807) is 19.9 Å². The molecule has 0 aliphatic rings. The fourth-order valence-corrected chi connectivity index (χ4v) is 3.60. The summed E-state index contributed by atoms with van der Waals surface area (Å²) in [6, 6.07) is 16.5. The van der Waals surface area contributed by atoms with Crippen LogP contribution in [-0.4, -0.2) is 30.4 Å². The van der Waals surface area contributed by atoms with Gasteiger partial charge in [-0.1, -0.05) is 42.5 Å². The van der Waals surface area contributed by atoms with Crippen LogP contribution in [0.15, 0.2) is 59.0 Å². The van der Waals surface area contributed by atoms with Crippen molar-refractivity contribution in [1.29, 1.82) is 0 Å². The maximum atomic E-state index is 13.5. The number of ketones is 1. The molecule has 3 rings (SSSR count). The van der Waals surface area contributed by atoms with Crippen molar-refractivity contribution in [1.82, 2.24) is 0 Å². The third-order valence-electron chi connectivity index (χ3n) is 5.04. The van der Waals surface area contributed by atoms with Crippen LogP contribution >= 0.6 is 0 Å². The van der Waals surface area contributed by atoms with Gasteiger partial charge in [0.15, 0.2) is 5.78 Å². The molecule has 7 heteroatoms. The maximum absolute atomic E-state index is 13.5. The Morgan fingerprint density at radius 3 is 2.23 bits per heavy atom. The van der Waals surface area contributed by atoms with Gasteiger partial charge in [0.05, 0.1) is 18.3 Å². The zero-order valence-corrected chi connectivity index (χ0v) is 20.5. The van der Waals surface area contributed by atoms with Gasteiger partial charge in [-0.3, -0.25) is 14.9 Å². The molecule has 0 saturated carbocycles. The molecule has 0 aliphatic carbocycles. The van der Waals surface area contributed by atoms with Gasteiger partial charge in [0, 0.05) is 5.57 Å². The number of furan rings is 1. The average Bonchev–Trinajstić information content (AvgIpc) is 3.14. The average molecular weight is 476 g/mol. The Labute approximate surface area is 204 Å². The molecule has 0 aliphatic heterocycles. The highest BCUT2D eigenvalue weighted by molar-refractivity contribution is 6.29. The van der Waals surface area contributed by atoms with E-state index in [1.807, 2.05) is 68.4 Å². The van der Waals surface area contributed by atoms with E-state index in [0.29, 0.717) is 11.1 Å². The van der Waals surface area contributed by atoms with Crippen LogP contribution in [0.4, 0.5) is 5.88 Å². The number of anilines is 1. The van der Waals surface area contributed by atoms with Gasteiger partial charge < -0.3 is 13.9 Å². The number of rotatable bonds is 9. The van der Waals surface area contributed by atoms with Gasteiger partial charge in [-0.2, -0.15) is 0 Å². The highest BCUT2D eigenvalue weighted by Crippen LogP contribution is 2.30. The molecule has 1 heterocycles. The Morgan fingerprint density at radius 2 is 1.66 bits per heavy atom. The SMILES string of the molecule is CCOC(=O)c1c(NC(=O)/C(=C/c2ccc(OC(C)C)cc2)c2ccccc2)oc(C)c1C(C)=O. The first-order chi connectivity index (χ1) is 16.7. The highest BCUT2D eigenvalue weighted by Gasteiger charge is 2.29. The molecule has 3 aromatic rings. The number of Topliss-reactive ketones (excluding diaryl/α,β-unsaturated/α-hetero) is 1. The summed E-state index contributed by atoms with van der Waals surface area (Å²) >= 11 is 0. The van der Waals surface area contributed by atoms with Crippen LogP contribution in [0.3, 0.4) is 0 Å². The normalized spacial score (nSPS) is 11.3. The zero-order valence-electron chi connectivity index (χ0n) is 20.5. The Morgan fingerprint density at radius 1 is 1.00 bits per heavy atom. The minimum atomic E-state index is -0.740. The van der Waals surface area contributed by atoms with Crippen molar-refractivity contribution in [2.75, 3.05) is 11.9 Å². The van der Waals surface area contributed by atoms with Crippen molar-refractivity contribution in [3.63, 3.8) is 0 Å². The molecule has 0 spiro atoms. The summed E-state index contributed by atoms with van der Waals surface area (Å²) in [4.78, 5) is 38.2. The number of aryl methyl sites for hydroxylation is 1. The summed E-state index contributed by atoms with van der Waals surface area (Å²) in [7, 11) is 0. The molecule has 0 fully saturated rings. The number of nitrogens with one attached hydrogen (secondary N) is 1. The number of hydrogen-bond donors (Lipinski definition) is 1. The minimum absolute atomic E-state index is 0.0484. The first kappa shape index (κ1) is 25.5. The summed E-state index contributed by atoms with van der Waals surface area (Å²) in [5.74, 6) is -0.786. The largest absolute Gasteiger partial charge is 0.491 e. The number of hydrogen-bond acceptors (Lipinski definition) is 6. The van der Waals surface area contributed by atoms with Gasteiger partial charge in [-0.05, 0) is 64.0 Å². The lowest BCUT2D eigenvalue weighted by Crippen LogP contribution is -2.17. The second kappa shape index (κ2) is 11.3. The zero-order chi connectivity index (χ0) is 25.5. The van der Waals surface area contributed by atoms with Crippen molar-refractivity contribution < 1.29 is 28.3 Å². The van der Waals surface area contributed by atoms with E-state index in [2.05, 4.69) is 5.32 Å². The van der Waals surface area contributed by atoms with Crippen LogP contribution in [0.1, 0.15) is 65.3 Å². The summed E-state index contributed by atoms with van der Waals surface area (Å²) in [5.41, 5.74) is 1.79. The van der Waals surface area contributed by atoms with Crippen molar-refractivity contribution in [3.05, 3.63) is 82.6 Å². The van der Waals surface area contributed by atoms with Crippen LogP contribution in [0.25, 0.3) is 11.6 Å². The summed E-state index contributed by atoms with van der Waals surface area (Å²) in [6.07, 6.45) is 1.78. The van der Waals surface area contributed by atoms with E-state index in [4.69, 9.17) is 13.9 Å². The third-order valence-corrected chi connectivity index (χ3v) is 5.04. The fourth-order valence-electron chi connectivity index (χ4n) is 3.60. The summed E-state index contributed by atoms with van der Waals surface area (Å²) in [5, 5.41) is 2.67. The van der Waals surface area contributed by atoms with Crippen LogP contribution in [-0.2, 0) is 9.53 Å². The number of carbonyl (C=O) groups is 3. The van der Waals surface area contributed by atoms with Crippen LogP contribution in [0.2, 0.25) is 0 Å². The van der Waals surface area contributed by atoms with E-state index in [9.17, 15) is 14.4 Å². The van der Waals surface area contributed by atoms with Gasteiger partial charge >= 0.3 is 5.97 Å². The van der Waals surface area contributed by atoms with E-state index < -0.39 is 11.9 Å². The van der Waals surface area contributed by atoms with Crippen molar-refractivity contribution in [3.8, 4) is 5.75 Å². The molecule has 7 nitrogen and oxygen atoms in total. The minimum Gasteiger partial charge on any atom is -0.491 e. The first-order valence-corrected chi connectivity index (χ1v) is 11.4. The standard InChI is InChI=1S/C28H29NO6/c1-6-33-28(32)25-24(18(4)30)19(5)35-27(25)29-26(31)23(21-10-8-7-9-11-21)16-20-12-14-22(15-13-20)34-17(2)3/h7-17H,6H2,1-5H3,(H,29,31)/b23-16+. The molecule has 182 valence electrons. The maximum Gasteiger partial charge on any atom is 0.344 e. The second-order valence-corrected chi connectivity index (χ2v) is 8.13. The van der Waals surface area contributed by atoms with E-state index in [1.165, 1.54) is 6.92 Å². The molecule has 0 saturated heterocycles. The predicted octanol–water partition coefficient (Wildman–Crippen LogP) is 5.93. The van der Waals surface area contributed by atoms with Gasteiger partial charge in [-0.15, -0.1) is 0 Å². The second-order valence-electron chi connectivity index (χ2n) is 8.13. The van der Waals surface area contributed by atoms with Crippen molar-refractivity contribution in [2.24, 2.45) is 0 Å². The lowest BCUT2D eigenvalue weighted by Gasteiger charge is -2.11. The van der Waals surface area contributed by atoms with E-state index >= 15 is 0 Å². The molecule has 1 N–H and O–H groups in total. The molecule has 1 aromatic heterocycles. The molecule has 2 aromatic carbocycles. The highest BCUT2D eigenvalue weighted by atomic mass is 16.5. The third kappa shape index (κ3) is 6.26. The van der Waals surface area contributed by atoms with Crippen molar-refractivity contribution in [2.45, 2.75) is 40.7 Å². The molecule has 1 amide bonds. The lowest BCUT2D eigenvalue weighted by atomic mass is 10.0. The fraction of sp³-hybridized carbons (Fsp3) is 0.250. The van der Waals surface area contributed by atoms with Crippen molar-refractivity contribution >= 4 is 35.2 Å². The molecule has 0 atom stereocenters. The molecule has 0 radical (unpaired) electrons. The molecular formula is C28H29NO6. The Bertz CT molecular complexity index is 1240. The smallest absolute Gasteiger partial charge is 0.344 e. The van der Waals surface area contributed by atoms with Crippen LogP contribution in [0, 0.1) is 6.92 Å². The summed E-state index contributed by atoms with van der Waals surface area (Å²) in [6.45, 7) is 8.55. The predicted molar refractivity (Wildman–Crippen MR) is 135 cm³/mol. The van der Waals surface area contributed by atoms with Crippen LogP contribution < -0.4 is 10.1 Å².